The first-order valence-electron chi connectivity index (χ1n) is 13.7. The van der Waals surface area contributed by atoms with Gasteiger partial charge in [-0.1, -0.05) is 23.2 Å². The molecule has 42 heavy (non-hydrogen) atoms. The van der Waals surface area contributed by atoms with E-state index in [9.17, 15) is 9.18 Å². The third-order valence-corrected chi connectivity index (χ3v) is 7.60. The van der Waals surface area contributed by atoms with E-state index >= 15 is 0 Å². The summed E-state index contributed by atoms with van der Waals surface area (Å²) in [6, 6.07) is 4.60. The molecule has 0 saturated carbocycles. The van der Waals surface area contributed by atoms with Gasteiger partial charge < -0.3 is 25.0 Å². The van der Waals surface area contributed by atoms with Crippen LogP contribution in [0.3, 0.4) is 0 Å². The van der Waals surface area contributed by atoms with Gasteiger partial charge in [-0.2, -0.15) is 5.10 Å². The first-order valence-corrected chi connectivity index (χ1v) is 14.9. The van der Waals surface area contributed by atoms with Crippen LogP contribution in [0.2, 0.25) is 10.0 Å². The van der Waals surface area contributed by atoms with Crippen LogP contribution in [-0.2, 0) is 4.74 Å². The molecule has 13 heteroatoms. The summed E-state index contributed by atoms with van der Waals surface area (Å²) in [6.07, 6.45) is 5.93. The summed E-state index contributed by atoms with van der Waals surface area (Å²) in [5.41, 5.74) is 1.38. The predicted molar refractivity (Wildman–Crippen MR) is 167 cm³/mol. The molecular weight excluding hydrogens is 602 g/mol. The second kappa shape index (κ2) is 13.4. The van der Waals surface area contributed by atoms with Crippen molar-refractivity contribution in [3.05, 3.63) is 58.2 Å². The SMILES string of the molecule is CCNC(=S)Nc1ncc(-c2cnn(C3CCN(C(=O)OC(C)(C)C)CC3)c2)cc1O[C@H](C)c1c(Cl)ccc(F)c1Cl. The molecule has 2 N–H and O–H groups in total. The zero-order valence-electron chi connectivity index (χ0n) is 24.2. The third kappa shape index (κ3) is 7.81. The molecule has 2 aromatic heterocycles. The van der Waals surface area contributed by atoms with Crippen molar-refractivity contribution in [1.29, 1.82) is 0 Å². The number of rotatable bonds is 7. The van der Waals surface area contributed by atoms with Crippen LogP contribution in [0.4, 0.5) is 15.0 Å². The summed E-state index contributed by atoms with van der Waals surface area (Å²) in [5, 5.41) is 11.2. The van der Waals surface area contributed by atoms with Crippen molar-refractivity contribution >= 4 is 52.4 Å². The smallest absolute Gasteiger partial charge is 0.410 e. The van der Waals surface area contributed by atoms with Gasteiger partial charge in [-0.3, -0.25) is 4.68 Å². The number of anilines is 1. The van der Waals surface area contributed by atoms with Crippen molar-refractivity contribution < 1.29 is 18.7 Å². The third-order valence-electron chi connectivity index (χ3n) is 6.64. The fourth-order valence-electron chi connectivity index (χ4n) is 4.59. The minimum atomic E-state index is -0.705. The Bertz CT molecular complexity index is 1440. The summed E-state index contributed by atoms with van der Waals surface area (Å²) in [7, 11) is 0. The number of halogens is 3. The van der Waals surface area contributed by atoms with Crippen LogP contribution in [-0.4, -0.2) is 56.1 Å². The van der Waals surface area contributed by atoms with Crippen molar-refractivity contribution in [2.24, 2.45) is 0 Å². The van der Waals surface area contributed by atoms with Gasteiger partial charge in [-0.05, 0) is 77.9 Å². The van der Waals surface area contributed by atoms with Crippen LogP contribution in [0.5, 0.6) is 5.75 Å². The molecule has 1 amide bonds. The molecule has 3 aromatic rings. The first-order chi connectivity index (χ1) is 19.9. The highest BCUT2D eigenvalue weighted by atomic mass is 35.5. The lowest BCUT2D eigenvalue weighted by atomic mass is 10.1. The summed E-state index contributed by atoms with van der Waals surface area (Å²) in [4.78, 5) is 18.7. The zero-order chi connectivity index (χ0) is 30.6. The number of pyridine rings is 1. The maximum atomic E-state index is 14.2. The molecule has 1 saturated heterocycles. The molecule has 1 aliphatic heterocycles. The van der Waals surface area contributed by atoms with Gasteiger partial charge in [0.05, 0.1) is 17.3 Å². The van der Waals surface area contributed by atoms with E-state index in [1.165, 1.54) is 12.1 Å². The van der Waals surface area contributed by atoms with Gasteiger partial charge in [0.1, 0.15) is 17.5 Å². The Morgan fingerprint density at radius 2 is 1.93 bits per heavy atom. The van der Waals surface area contributed by atoms with Crippen LogP contribution in [0, 0.1) is 5.82 Å². The Balaban J connectivity index is 1.54. The van der Waals surface area contributed by atoms with Crippen LogP contribution in [0.1, 0.15) is 65.2 Å². The number of nitrogens with zero attached hydrogens (tertiary/aromatic N) is 4. The monoisotopic (exact) mass is 636 g/mol. The van der Waals surface area contributed by atoms with Crippen LogP contribution in [0.15, 0.2) is 36.8 Å². The average molecular weight is 638 g/mol. The van der Waals surface area contributed by atoms with E-state index in [1.54, 1.807) is 24.2 Å². The molecule has 9 nitrogen and oxygen atoms in total. The number of benzene rings is 1. The maximum Gasteiger partial charge on any atom is 0.410 e. The lowest BCUT2D eigenvalue weighted by molar-refractivity contribution is 0.0185. The minimum absolute atomic E-state index is 0.101. The molecule has 1 aliphatic rings. The molecule has 1 atom stereocenters. The molecule has 226 valence electrons. The van der Waals surface area contributed by atoms with Gasteiger partial charge in [0, 0.05) is 53.7 Å². The molecule has 0 unspecified atom stereocenters. The standard InChI is InChI=1S/C29H35Cl2FN6O3S/c1-6-33-27(42)36-26-23(40-17(2)24-21(30)7-8-22(32)25(24)31)13-18(14-34-26)19-15-35-38(16-19)20-9-11-37(12-10-20)28(39)41-29(3,4)5/h7-8,13-17,20H,6,9-12H2,1-5H3,(H2,33,34,36,42)/t17-/m1/s1. The van der Waals surface area contributed by atoms with Gasteiger partial charge in [0.2, 0.25) is 0 Å². The molecule has 3 heterocycles. The number of hydrogen-bond donors (Lipinski definition) is 2. The number of likely N-dealkylation sites (tertiary alicyclic amines) is 1. The van der Waals surface area contributed by atoms with Crippen molar-refractivity contribution in [1.82, 2.24) is 25.0 Å². The number of aromatic nitrogens is 3. The Morgan fingerprint density at radius 3 is 2.60 bits per heavy atom. The van der Waals surface area contributed by atoms with Crippen molar-refractivity contribution in [3.8, 4) is 16.9 Å². The summed E-state index contributed by atoms with van der Waals surface area (Å²) in [5.74, 6) is 0.159. The zero-order valence-corrected chi connectivity index (χ0v) is 26.5. The predicted octanol–water partition coefficient (Wildman–Crippen LogP) is 7.41. The van der Waals surface area contributed by atoms with Gasteiger partial charge >= 0.3 is 6.09 Å². The number of carbonyl (C=O) groups is 1. The summed E-state index contributed by atoms with van der Waals surface area (Å²) in [6.45, 7) is 11.0. The Morgan fingerprint density at radius 1 is 1.21 bits per heavy atom. The second-order valence-electron chi connectivity index (χ2n) is 11.0. The molecular formula is C29H35Cl2FN6O3S. The topological polar surface area (TPSA) is 93.5 Å². The number of piperidine rings is 1. The molecule has 0 radical (unpaired) electrons. The van der Waals surface area contributed by atoms with Crippen molar-refractivity contribution in [3.63, 3.8) is 0 Å². The molecule has 0 spiro atoms. The second-order valence-corrected chi connectivity index (χ2v) is 12.2. The number of hydrogen-bond acceptors (Lipinski definition) is 6. The van der Waals surface area contributed by atoms with E-state index < -0.39 is 17.5 Å². The Labute approximate surface area is 260 Å². The van der Waals surface area contributed by atoms with E-state index in [1.807, 2.05) is 44.6 Å². The molecule has 1 fully saturated rings. The fourth-order valence-corrected chi connectivity index (χ4v) is 5.51. The lowest BCUT2D eigenvalue weighted by Crippen LogP contribution is -2.42. The van der Waals surface area contributed by atoms with E-state index in [0.29, 0.717) is 41.9 Å². The largest absolute Gasteiger partial charge is 0.482 e. The highest BCUT2D eigenvalue weighted by Gasteiger charge is 2.28. The van der Waals surface area contributed by atoms with E-state index in [2.05, 4.69) is 20.7 Å². The van der Waals surface area contributed by atoms with Gasteiger partial charge in [-0.15, -0.1) is 0 Å². The molecule has 0 bridgehead atoms. The van der Waals surface area contributed by atoms with E-state index in [0.717, 1.165) is 24.0 Å². The average Bonchev–Trinajstić information content (AvgIpc) is 3.42. The van der Waals surface area contributed by atoms with Gasteiger partial charge in [0.25, 0.3) is 0 Å². The fraction of sp³-hybridized carbons (Fsp3) is 0.448. The molecule has 4 rings (SSSR count). The van der Waals surface area contributed by atoms with Crippen molar-refractivity contribution in [2.45, 2.75) is 65.2 Å². The molecule has 0 aliphatic carbocycles. The highest BCUT2D eigenvalue weighted by Crippen LogP contribution is 2.38. The summed E-state index contributed by atoms with van der Waals surface area (Å²) >= 11 is 18.0. The minimum Gasteiger partial charge on any atom is -0.482 e. The Kier molecular flexibility index (Phi) is 10.2. The number of ether oxygens (including phenoxy) is 2. The van der Waals surface area contributed by atoms with Crippen molar-refractivity contribution in [2.75, 3.05) is 25.0 Å². The van der Waals surface area contributed by atoms with Gasteiger partial charge in [0.15, 0.2) is 16.7 Å². The summed E-state index contributed by atoms with van der Waals surface area (Å²) < 4.78 is 27.9. The maximum absolute atomic E-state index is 14.2. The number of thiocarbonyl (C=S) groups is 1. The number of carbonyl (C=O) groups excluding carboxylic acids is 1. The van der Waals surface area contributed by atoms with Crippen LogP contribution in [0.25, 0.3) is 11.1 Å². The molecule has 1 aromatic carbocycles. The first kappa shape index (κ1) is 31.8. The Hall–Kier alpha value is -3.15. The highest BCUT2D eigenvalue weighted by molar-refractivity contribution is 7.80. The normalized spacial score (nSPS) is 14.8. The number of amides is 1. The van der Waals surface area contributed by atoms with Crippen LogP contribution < -0.4 is 15.4 Å². The quantitative estimate of drug-likeness (QED) is 0.204. The van der Waals surface area contributed by atoms with E-state index in [-0.39, 0.29) is 22.2 Å². The van der Waals surface area contributed by atoms with Crippen LogP contribution >= 0.6 is 35.4 Å². The lowest BCUT2D eigenvalue weighted by Gasteiger charge is -2.33. The van der Waals surface area contributed by atoms with Gasteiger partial charge in [-0.25, -0.2) is 14.2 Å². The number of nitrogens with one attached hydrogen (secondary N) is 2. The van der Waals surface area contributed by atoms with E-state index in [4.69, 9.17) is 44.9 Å².